The first-order valence-electron chi connectivity index (χ1n) is 6.25. The zero-order valence-electron chi connectivity index (χ0n) is 11.8. The summed E-state index contributed by atoms with van der Waals surface area (Å²) in [4.78, 5) is 7.77. The molecule has 5 heteroatoms. The Kier molecular flexibility index (Phi) is 6.75. The fourth-order valence-electron chi connectivity index (χ4n) is 1.57. The highest BCUT2D eigenvalue weighted by Crippen LogP contribution is 2.14. The van der Waals surface area contributed by atoms with Gasteiger partial charge in [-0.1, -0.05) is 0 Å². The van der Waals surface area contributed by atoms with E-state index in [1.807, 2.05) is 7.05 Å². The van der Waals surface area contributed by atoms with E-state index in [0.717, 1.165) is 32.0 Å². The first-order chi connectivity index (χ1) is 8.63. The van der Waals surface area contributed by atoms with Crippen LogP contribution in [0, 0.1) is 6.92 Å². The van der Waals surface area contributed by atoms with Crippen LogP contribution in [0.3, 0.4) is 0 Å². The van der Waals surface area contributed by atoms with Crippen LogP contribution in [0.4, 0.5) is 0 Å². The molecule has 0 saturated heterocycles. The van der Waals surface area contributed by atoms with Crippen molar-refractivity contribution in [2.24, 2.45) is 4.99 Å². The molecule has 0 spiro atoms. The highest BCUT2D eigenvalue weighted by Gasteiger charge is 2.01. The van der Waals surface area contributed by atoms with Gasteiger partial charge < -0.3 is 15.5 Å². The lowest BCUT2D eigenvalue weighted by Crippen LogP contribution is -2.37. The zero-order valence-corrected chi connectivity index (χ0v) is 12.6. The summed E-state index contributed by atoms with van der Waals surface area (Å²) in [5, 5.41) is 8.78. The number of nitrogens with one attached hydrogen (secondary N) is 2. The molecule has 1 rings (SSSR count). The van der Waals surface area contributed by atoms with Crippen molar-refractivity contribution in [2.75, 3.05) is 34.2 Å². The molecule has 102 valence electrons. The van der Waals surface area contributed by atoms with Crippen LogP contribution in [-0.4, -0.2) is 45.1 Å². The second-order valence-electron chi connectivity index (χ2n) is 4.54. The minimum absolute atomic E-state index is 0.844. The van der Waals surface area contributed by atoms with E-state index in [4.69, 9.17) is 0 Å². The average molecular weight is 268 g/mol. The van der Waals surface area contributed by atoms with Crippen LogP contribution in [0.1, 0.15) is 16.9 Å². The first kappa shape index (κ1) is 15.0. The maximum absolute atomic E-state index is 4.22. The van der Waals surface area contributed by atoms with Gasteiger partial charge in [-0.05, 0) is 51.0 Å². The molecule has 0 bridgehead atoms. The summed E-state index contributed by atoms with van der Waals surface area (Å²) in [7, 11) is 5.99. The summed E-state index contributed by atoms with van der Waals surface area (Å²) in [6.07, 6.45) is 1.12. The zero-order chi connectivity index (χ0) is 13.4. The van der Waals surface area contributed by atoms with E-state index in [2.05, 4.69) is 53.0 Å². The summed E-state index contributed by atoms with van der Waals surface area (Å²) < 4.78 is 0. The van der Waals surface area contributed by atoms with Crippen molar-refractivity contribution >= 4 is 17.3 Å². The molecule has 2 N–H and O–H groups in total. The fraction of sp³-hybridized carbons (Fsp3) is 0.615. The molecule has 1 heterocycles. The number of aliphatic imine (C=N–C) groups is 1. The summed E-state index contributed by atoms with van der Waals surface area (Å²) in [5.74, 6) is 0.876. The minimum atomic E-state index is 0.844. The molecule has 0 radical (unpaired) electrons. The second kappa shape index (κ2) is 8.11. The van der Waals surface area contributed by atoms with Crippen molar-refractivity contribution in [3.05, 3.63) is 21.9 Å². The SMILES string of the molecule is CN=C(NCCCN(C)C)NCc1sccc1C. The van der Waals surface area contributed by atoms with Crippen molar-refractivity contribution in [1.82, 2.24) is 15.5 Å². The molecule has 1 aromatic heterocycles. The van der Waals surface area contributed by atoms with E-state index in [-0.39, 0.29) is 0 Å². The Morgan fingerprint density at radius 2 is 2.17 bits per heavy atom. The Labute approximate surface area is 114 Å². The number of nitrogens with zero attached hydrogens (tertiary/aromatic N) is 2. The van der Waals surface area contributed by atoms with Crippen LogP contribution in [0.25, 0.3) is 0 Å². The number of hydrogen-bond donors (Lipinski definition) is 2. The van der Waals surface area contributed by atoms with Gasteiger partial charge in [0, 0.05) is 18.5 Å². The third-order valence-electron chi connectivity index (χ3n) is 2.68. The van der Waals surface area contributed by atoms with Crippen LogP contribution in [0.2, 0.25) is 0 Å². The predicted molar refractivity (Wildman–Crippen MR) is 80.4 cm³/mol. The Balaban J connectivity index is 2.24. The van der Waals surface area contributed by atoms with Gasteiger partial charge in [-0.3, -0.25) is 4.99 Å². The van der Waals surface area contributed by atoms with Crippen molar-refractivity contribution in [2.45, 2.75) is 19.9 Å². The number of hydrogen-bond acceptors (Lipinski definition) is 3. The monoisotopic (exact) mass is 268 g/mol. The van der Waals surface area contributed by atoms with Gasteiger partial charge in [0.1, 0.15) is 0 Å². The first-order valence-corrected chi connectivity index (χ1v) is 7.13. The van der Waals surface area contributed by atoms with Gasteiger partial charge in [0.2, 0.25) is 0 Å². The lowest BCUT2D eigenvalue weighted by atomic mass is 10.3. The molecule has 0 aliphatic heterocycles. The standard InChI is InChI=1S/C13H24N4S/c1-11-6-9-18-12(11)10-16-13(14-2)15-7-5-8-17(3)4/h6,9H,5,7-8,10H2,1-4H3,(H2,14,15,16). The molecule has 0 atom stereocenters. The Morgan fingerprint density at radius 1 is 1.39 bits per heavy atom. The van der Waals surface area contributed by atoms with E-state index in [0.29, 0.717) is 0 Å². The van der Waals surface area contributed by atoms with E-state index in [1.54, 1.807) is 11.3 Å². The van der Waals surface area contributed by atoms with Crippen LogP contribution >= 0.6 is 11.3 Å². The summed E-state index contributed by atoms with van der Waals surface area (Å²) in [6.45, 7) is 5.02. The topological polar surface area (TPSA) is 39.7 Å². The Morgan fingerprint density at radius 3 is 2.72 bits per heavy atom. The maximum Gasteiger partial charge on any atom is 0.191 e. The van der Waals surface area contributed by atoms with Crippen LogP contribution in [-0.2, 0) is 6.54 Å². The van der Waals surface area contributed by atoms with Crippen LogP contribution in [0.15, 0.2) is 16.4 Å². The molecule has 18 heavy (non-hydrogen) atoms. The number of guanidine groups is 1. The summed E-state index contributed by atoms with van der Waals surface area (Å²) in [6, 6.07) is 2.15. The molecular formula is C13H24N4S. The van der Waals surface area contributed by atoms with Crippen LogP contribution < -0.4 is 10.6 Å². The molecule has 0 amide bonds. The molecule has 0 aliphatic carbocycles. The minimum Gasteiger partial charge on any atom is -0.356 e. The number of thiophene rings is 1. The quantitative estimate of drug-likeness (QED) is 0.468. The van der Waals surface area contributed by atoms with Crippen molar-refractivity contribution in [3.8, 4) is 0 Å². The average Bonchev–Trinajstić information content (AvgIpc) is 2.74. The highest BCUT2D eigenvalue weighted by atomic mass is 32.1. The lowest BCUT2D eigenvalue weighted by molar-refractivity contribution is 0.399. The van der Waals surface area contributed by atoms with E-state index >= 15 is 0 Å². The Hall–Kier alpha value is -1.07. The lowest BCUT2D eigenvalue weighted by Gasteiger charge is -2.13. The second-order valence-corrected chi connectivity index (χ2v) is 5.54. The van der Waals surface area contributed by atoms with Crippen molar-refractivity contribution < 1.29 is 0 Å². The number of aryl methyl sites for hydroxylation is 1. The predicted octanol–water partition coefficient (Wildman–Crippen LogP) is 1.67. The molecule has 0 aromatic carbocycles. The van der Waals surface area contributed by atoms with Gasteiger partial charge >= 0.3 is 0 Å². The molecule has 0 aliphatic rings. The molecule has 0 unspecified atom stereocenters. The third-order valence-corrected chi connectivity index (χ3v) is 3.71. The van der Waals surface area contributed by atoms with Gasteiger partial charge in [-0.2, -0.15) is 0 Å². The van der Waals surface area contributed by atoms with E-state index in [1.165, 1.54) is 10.4 Å². The Bertz CT molecular complexity index is 371. The van der Waals surface area contributed by atoms with Gasteiger partial charge in [-0.25, -0.2) is 0 Å². The fourth-order valence-corrected chi connectivity index (χ4v) is 2.42. The van der Waals surface area contributed by atoms with Gasteiger partial charge in [0.15, 0.2) is 5.96 Å². The third kappa shape index (κ3) is 5.51. The smallest absolute Gasteiger partial charge is 0.191 e. The highest BCUT2D eigenvalue weighted by molar-refractivity contribution is 7.10. The molecule has 1 aromatic rings. The van der Waals surface area contributed by atoms with Gasteiger partial charge in [-0.15, -0.1) is 11.3 Å². The summed E-state index contributed by atoms with van der Waals surface area (Å²) in [5.41, 5.74) is 1.34. The molecular weight excluding hydrogens is 244 g/mol. The van der Waals surface area contributed by atoms with Crippen LogP contribution in [0.5, 0.6) is 0 Å². The van der Waals surface area contributed by atoms with Gasteiger partial charge in [0.25, 0.3) is 0 Å². The van der Waals surface area contributed by atoms with Crippen molar-refractivity contribution in [3.63, 3.8) is 0 Å². The van der Waals surface area contributed by atoms with Gasteiger partial charge in [0.05, 0.1) is 6.54 Å². The van der Waals surface area contributed by atoms with E-state index in [9.17, 15) is 0 Å². The normalized spacial score (nSPS) is 11.9. The molecule has 4 nitrogen and oxygen atoms in total. The van der Waals surface area contributed by atoms with E-state index < -0.39 is 0 Å². The number of rotatable bonds is 6. The molecule has 0 saturated carbocycles. The van der Waals surface area contributed by atoms with Crippen molar-refractivity contribution in [1.29, 1.82) is 0 Å². The largest absolute Gasteiger partial charge is 0.356 e. The molecule has 0 fully saturated rings. The maximum atomic E-state index is 4.22. The summed E-state index contributed by atoms with van der Waals surface area (Å²) >= 11 is 1.78.